The molecule has 0 unspecified atom stereocenters. The van der Waals surface area contributed by atoms with Crippen molar-refractivity contribution < 1.29 is 4.74 Å². The van der Waals surface area contributed by atoms with Crippen molar-refractivity contribution in [2.24, 2.45) is 0 Å². The summed E-state index contributed by atoms with van der Waals surface area (Å²) in [7, 11) is 0. The molecule has 0 fully saturated rings. The van der Waals surface area contributed by atoms with Crippen molar-refractivity contribution in [1.82, 2.24) is 0 Å². The zero-order chi connectivity index (χ0) is 36.8. The fourth-order valence-corrected chi connectivity index (χ4v) is 9.88. The van der Waals surface area contributed by atoms with Gasteiger partial charge in [-0.05, 0) is 125 Å². The molecule has 12 rings (SSSR count). The third-order valence-electron chi connectivity index (χ3n) is 12.3. The smallest absolute Gasteiger partial charge is 0.135 e. The Morgan fingerprint density at radius 2 is 0.893 bits per heavy atom. The second kappa shape index (κ2) is 11.9. The molecule has 0 radical (unpaired) electrons. The molecule has 1 aliphatic carbocycles. The van der Waals surface area contributed by atoms with E-state index in [-0.39, 0.29) is 0 Å². The van der Waals surface area contributed by atoms with E-state index in [0.717, 1.165) is 17.1 Å². The average molecular weight is 711 g/mol. The molecule has 1 aliphatic heterocycles. The van der Waals surface area contributed by atoms with Gasteiger partial charge in [0.25, 0.3) is 0 Å². The first kappa shape index (κ1) is 31.2. The quantitative estimate of drug-likeness (QED) is 0.177. The number of hydrogen-bond acceptors (Lipinski definition) is 1. The molecule has 0 N–H and O–H groups in total. The number of ether oxygens (including phenoxy) is 1. The highest BCUT2D eigenvalue weighted by atomic mass is 16.5. The van der Waals surface area contributed by atoms with Crippen LogP contribution in [0.25, 0.3) is 76.8 Å². The SMILES string of the molecule is c1ccc(C2(c3ccccc3)c3cc(-c4ccc5c(c4)-c4cccc6cccc(c46)O5)ccc3-c3cc4cccc(-c5cccc6ccccc56)c4cc32)cc1. The molecule has 0 saturated heterocycles. The van der Waals surface area contributed by atoms with Crippen LogP contribution in [0.4, 0.5) is 0 Å². The Morgan fingerprint density at radius 1 is 0.304 bits per heavy atom. The molecule has 0 aromatic heterocycles. The Morgan fingerprint density at radius 3 is 1.68 bits per heavy atom. The van der Waals surface area contributed by atoms with Gasteiger partial charge in [0.05, 0.1) is 5.41 Å². The van der Waals surface area contributed by atoms with Gasteiger partial charge in [-0.25, -0.2) is 0 Å². The molecule has 56 heavy (non-hydrogen) atoms. The van der Waals surface area contributed by atoms with E-state index in [1.807, 2.05) is 0 Å². The molecular weight excluding hydrogens is 677 g/mol. The van der Waals surface area contributed by atoms with Crippen molar-refractivity contribution in [3.05, 3.63) is 229 Å². The minimum atomic E-state index is -0.550. The molecule has 1 nitrogen and oxygen atoms in total. The first-order valence-corrected chi connectivity index (χ1v) is 19.4. The Bertz CT molecular complexity index is 3160. The summed E-state index contributed by atoms with van der Waals surface area (Å²) in [6.45, 7) is 0. The van der Waals surface area contributed by atoms with Gasteiger partial charge in [0.1, 0.15) is 11.5 Å². The lowest BCUT2D eigenvalue weighted by Gasteiger charge is -2.34. The minimum absolute atomic E-state index is 0.550. The zero-order valence-electron chi connectivity index (χ0n) is 30.5. The fraction of sp³-hybridized carbons (Fsp3) is 0.0182. The molecule has 0 saturated carbocycles. The van der Waals surface area contributed by atoms with E-state index in [1.54, 1.807) is 0 Å². The van der Waals surface area contributed by atoms with Gasteiger partial charge in [0.2, 0.25) is 0 Å². The van der Waals surface area contributed by atoms with Crippen LogP contribution in [0.1, 0.15) is 22.3 Å². The van der Waals surface area contributed by atoms with E-state index >= 15 is 0 Å². The molecule has 0 amide bonds. The number of rotatable bonds is 4. The van der Waals surface area contributed by atoms with Crippen molar-refractivity contribution in [3.8, 4) is 56.0 Å². The van der Waals surface area contributed by atoms with Crippen LogP contribution in [-0.2, 0) is 5.41 Å². The second-order valence-electron chi connectivity index (χ2n) is 15.2. The third kappa shape index (κ3) is 4.37. The average Bonchev–Trinajstić information content (AvgIpc) is 3.55. The van der Waals surface area contributed by atoms with E-state index in [0.29, 0.717) is 0 Å². The number of fused-ring (bicyclic) bond motifs is 7. The van der Waals surface area contributed by atoms with Gasteiger partial charge in [0, 0.05) is 10.9 Å². The maximum absolute atomic E-state index is 6.51. The topological polar surface area (TPSA) is 9.23 Å². The van der Waals surface area contributed by atoms with Crippen molar-refractivity contribution in [3.63, 3.8) is 0 Å². The van der Waals surface area contributed by atoms with E-state index in [4.69, 9.17) is 4.74 Å². The van der Waals surface area contributed by atoms with Gasteiger partial charge >= 0.3 is 0 Å². The summed E-state index contributed by atoms with van der Waals surface area (Å²) in [5, 5.41) is 7.38. The molecule has 0 bridgehead atoms. The lowest BCUT2D eigenvalue weighted by molar-refractivity contribution is 0.487. The normalized spacial score (nSPS) is 13.3. The number of hydrogen-bond donors (Lipinski definition) is 0. The lowest BCUT2D eigenvalue weighted by Crippen LogP contribution is -2.28. The van der Waals surface area contributed by atoms with Gasteiger partial charge in [0.15, 0.2) is 0 Å². The Labute approximate surface area is 325 Å². The largest absolute Gasteiger partial charge is 0.456 e. The molecule has 0 spiro atoms. The summed E-state index contributed by atoms with van der Waals surface area (Å²) in [5.74, 6) is 1.81. The van der Waals surface area contributed by atoms with Gasteiger partial charge in [-0.3, -0.25) is 0 Å². The second-order valence-corrected chi connectivity index (χ2v) is 15.2. The van der Waals surface area contributed by atoms with Crippen LogP contribution in [0.3, 0.4) is 0 Å². The molecule has 1 heterocycles. The van der Waals surface area contributed by atoms with Crippen LogP contribution in [0, 0.1) is 0 Å². The van der Waals surface area contributed by atoms with E-state index in [2.05, 4.69) is 206 Å². The Balaban J connectivity index is 1.12. The lowest BCUT2D eigenvalue weighted by atomic mass is 9.67. The van der Waals surface area contributed by atoms with E-state index in [9.17, 15) is 0 Å². The van der Waals surface area contributed by atoms with Crippen molar-refractivity contribution in [1.29, 1.82) is 0 Å². The van der Waals surface area contributed by atoms with Gasteiger partial charge < -0.3 is 4.74 Å². The highest BCUT2D eigenvalue weighted by Crippen LogP contribution is 2.58. The molecule has 1 heteroatoms. The molecule has 260 valence electrons. The van der Waals surface area contributed by atoms with Crippen molar-refractivity contribution >= 4 is 32.3 Å². The Kier molecular flexibility index (Phi) is 6.62. The zero-order valence-corrected chi connectivity index (χ0v) is 30.5. The first-order chi connectivity index (χ1) is 27.8. The summed E-state index contributed by atoms with van der Waals surface area (Å²) in [4.78, 5) is 0. The summed E-state index contributed by atoms with van der Waals surface area (Å²) < 4.78 is 6.51. The fourth-order valence-electron chi connectivity index (χ4n) is 9.88. The summed E-state index contributed by atoms with van der Waals surface area (Å²) in [6, 6.07) is 76.1. The highest BCUT2D eigenvalue weighted by molar-refractivity contribution is 6.08. The van der Waals surface area contributed by atoms with Gasteiger partial charge in [-0.1, -0.05) is 170 Å². The van der Waals surface area contributed by atoms with Crippen LogP contribution in [-0.4, -0.2) is 0 Å². The van der Waals surface area contributed by atoms with Crippen LogP contribution in [0.15, 0.2) is 206 Å². The Hall–Kier alpha value is -7.22. The molecule has 10 aromatic rings. The first-order valence-electron chi connectivity index (χ1n) is 19.4. The summed E-state index contributed by atoms with van der Waals surface area (Å²) in [5.41, 5.74) is 14.3. The van der Waals surface area contributed by atoms with Gasteiger partial charge in [-0.2, -0.15) is 0 Å². The molecule has 2 aliphatic rings. The minimum Gasteiger partial charge on any atom is -0.456 e. The van der Waals surface area contributed by atoms with E-state index < -0.39 is 5.41 Å². The van der Waals surface area contributed by atoms with Crippen LogP contribution < -0.4 is 4.74 Å². The van der Waals surface area contributed by atoms with Crippen LogP contribution in [0.5, 0.6) is 11.5 Å². The third-order valence-corrected chi connectivity index (χ3v) is 12.3. The monoisotopic (exact) mass is 710 g/mol. The maximum atomic E-state index is 6.51. The number of benzene rings is 10. The van der Waals surface area contributed by atoms with Gasteiger partial charge in [-0.15, -0.1) is 0 Å². The van der Waals surface area contributed by atoms with Crippen LogP contribution >= 0.6 is 0 Å². The van der Waals surface area contributed by atoms with Crippen LogP contribution in [0.2, 0.25) is 0 Å². The molecular formula is C55H34O. The summed E-state index contributed by atoms with van der Waals surface area (Å²) >= 11 is 0. The predicted molar refractivity (Wildman–Crippen MR) is 233 cm³/mol. The van der Waals surface area contributed by atoms with Crippen molar-refractivity contribution in [2.45, 2.75) is 5.41 Å². The highest BCUT2D eigenvalue weighted by Gasteiger charge is 2.46. The molecule has 10 aromatic carbocycles. The predicted octanol–water partition coefficient (Wildman–Crippen LogP) is 14.6. The van der Waals surface area contributed by atoms with E-state index in [1.165, 1.54) is 93.5 Å². The standard InChI is InChI=1S/C55H34O/c1-3-18-40(19-4-1)55(41-20-5-2-6-21-41)50-33-38(37-28-30-52-49(31-37)46-25-10-15-36-16-12-26-53(56-52)54(36)46)27-29-45(50)48-32-39-17-11-24-44(47(39)34-51(48)55)43-23-9-14-35-13-7-8-22-42(35)43/h1-34H. The van der Waals surface area contributed by atoms with Crippen molar-refractivity contribution in [2.75, 3.05) is 0 Å². The molecule has 0 atom stereocenters. The maximum Gasteiger partial charge on any atom is 0.135 e. The summed E-state index contributed by atoms with van der Waals surface area (Å²) in [6.07, 6.45) is 0.